The molecule has 158 valence electrons. The van der Waals surface area contributed by atoms with Gasteiger partial charge in [-0.1, -0.05) is 30.3 Å². The number of nitrogens with zero attached hydrogens (tertiary/aromatic N) is 4. The van der Waals surface area contributed by atoms with Gasteiger partial charge in [0, 0.05) is 33.6 Å². The molecule has 0 aliphatic carbocycles. The lowest BCUT2D eigenvalue weighted by molar-refractivity contribution is -0.145. The third kappa shape index (κ3) is 4.23. The van der Waals surface area contributed by atoms with E-state index in [9.17, 15) is 9.59 Å². The molecular weight excluding hydrogens is 382 g/mol. The van der Waals surface area contributed by atoms with E-state index in [1.807, 2.05) is 24.3 Å². The van der Waals surface area contributed by atoms with Crippen LogP contribution in [0.25, 0.3) is 0 Å². The van der Waals surface area contributed by atoms with Crippen molar-refractivity contribution in [3.05, 3.63) is 48.2 Å². The average molecular weight is 409 g/mol. The number of esters is 1. The number of hydrogen-bond acceptors (Lipinski definition) is 7. The number of fused-ring (bicyclic) bond motifs is 1. The van der Waals surface area contributed by atoms with Gasteiger partial charge < -0.3 is 19.9 Å². The first-order chi connectivity index (χ1) is 14.5. The van der Waals surface area contributed by atoms with Gasteiger partial charge in [0.1, 0.15) is 0 Å². The highest BCUT2D eigenvalue weighted by atomic mass is 16.5. The van der Waals surface area contributed by atoms with Crippen LogP contribution in [0.4, 0.5) is 17.2 Å². The number of ether oxygens (including phenoxy) is 1. The van der Waals surface area contributed by atoms with Crippen molar-refractivity contribution in [1.29, 1.82) is 0 Å². The lowest BCUT2D eigenvalue weighted by atomic mass is 10.2. The number of anilines is 3. The Morgan fingerprint density at radius 1 is 1.23 bits per heavy atom. The molecule has 2 aliphatic rings. The van der Waals surface area contributed by atoms with Crippen LogP contribution in [0, 0.1) is 0 Å². The van der Waals surface area contributed by atoms with E-state index in [-0.39, 0.29) is 18.8 Å². The van der Waals surface area contributed by atoms with Gasteiger partial charge in [0.2, 0.25) is 0 Å². The fourth-order valence-corrected chi connectivity index (χ4v) is 3.92. The van der Waals surface area contributed by atoms with Gasteiger partial charge in [-0.2, -0.15) is 0 Å². The van der Waals surface area contributed by atoms with Crippen molar-refractivity contribution in [2.45, 2.75) is 32.6 Å². The minimum Gasteiger partial charge on any atom is -0.456 e. The summed E-state index contributed by atoms with van der Waals surface area (Å²) >= 11 is 0. The number of rotatable bonds is 6. The summed E-state index contributed by atoms with van der Waals surface area (Å²) in [6.07, 6.45) is 4.09. The smallest absolute Gasteiger partial charge is 0.303 e. The summed E-state index contributed by atoms with van der Waals surface area (Å²) in [4.78, 5) is 34.2. The van der Waals surface area contributed by atoms with Crippen molar-refractivity contribution in [2.75, 3.05) is 41.9 Å². The van der Waals surface area contributed by atoms with E-state index in [2.05, 4.69) is 32.2 Å². The first-order valence-corrected chi connectivity index (χ1v) is 10.2. The number of carbonyl (C=O) groups is 2. The number of benzene rings is 1. The van der Waals surface area contributed by atoms with E-state index >= 15 is 0 Å². The number of likely N-dealkylation sites (tertiary alicyclic amines) is 1. The maximum Gasteiger partial charge on any atom is 0.303 e. The van der Waals surface area contributed by atoms with Crippen molar-refractivity contribution >= 4 is 29.1 Å². The Kier molecular flexibility index (Phi) is 5.85. The van der Waals surface area contributed by atoms with Gasteiger partial charge in [0.15, 0.2) is 18.7 Å². The summed E-state index contributed by atoms with van der Waals surface area (Å²) in [5.41, 5.74) is 2.83. The zero-order valence-corrected chi connectivity index (χ0v) is 17.4. The van der Waals surface area contributed by atoms with Crippen molar-refractivity contribution in [1.82, 2.24) is 9.88 Å². The van der Waals surface area contributed by atoms with Crippen LogP contribution in [0.15, 0.2) is 42.6 Å². The number of hydrogen-bond donors (Lipinski definition) is 1. The monoisotopic (exact) mass is 409 g/mol. The average Bonchev–Trinajstić information content (AvgIpc) is 3.40. The highest BCUT2D eigenvalue weighted by molar-refractivity contribution is 5.95. The molecule has 1 aromatic heterocycles. The Labute approximate surface area is 176 Å². The molecule has 1 atom stereocenters. The molecule has 1 N–H and O–H groups in total. The molecule has 4 rings (SSSR count). The largest absolute Gasteiger partial charge is 0.456 e. The number of aromatic nitrogens is 1. The lowest BCUT2D eigenvalue weighted by Crippen LogP contribution is -2.48. The molecule has 1 unspecified atom stereocenters. The summed E-state index contributed by atoms with van der Waals surface area (Å²) in [5, 5.41) is 3.55. The molecule has 8 heteroatoms. The summed E-state index contributed by atoms with van der Waals surface area (Å²) < 4.78 is 4.84. The highest BCUT2D eigenvalue weighted by Gasteiger charge is 2.35. The molecule has 2 aromatic rings. The standard InChI is InChI=1S/C22H27N5O3/c1-16(28)30-15-20(29)25(2)18-12-19-21(23-13-18)24-22(26-10-6-7-11-26)27(19)14-17-8-4-3-5-9-17/h3-5,8-9,12-13,22H,6-7,10-11,14-15H2,1-2H3,(H,23,24). The second-order valence-electron chi connectivity index (χ2n) is 7.67. The predicted molar refractivity (Wildman–Crippen MR) is 115 cm³/mol. The number of amides is 1. The first-order valence-electron chi connectivity index (χ1n) is 10.2. The van der Waals surface area contributed by atoms with E-state index in [1.54, 1.807) is 13.2 Å². The van der Waals surface area contributed by atoms with E-state index in [4.69, 9.17) is 4.74 Å². The summed E-state index contributed by atoms with van der Waals surface area (Å²) in [6.45, 7) is 3.83. The number of pyridine rings is 1. The quantitative estimate of drug-likeness (QED) is 0.734. The van der Waals surface area contributed by atoms with Gasteiger partial charge in [-0.25, -0.2) is 4.98 Å². The van der Waals surface area contributed by atoms with Crippen LogP contribution in [0.5, 0.6) is 0 Å². The molecule has 1 saturated heterocycles. The van der Waals surface area contributed by atoms with Crippen LogP contribution >= 0.6 is 0 Å². The normalized spacial score (nSPS) is 18.1. The van der Waals surface area contributed by atoms with Crippen LogP contribution in [0.2, 0.25) is 0 Å². The van der Waals surface area contributed by atoms with E-state index < -0.39 is 5.97 Å². The first kappa shape index (κ1) is 20.2. The molecule has 1 aromatic carbocycles. The van der Waals surface area contributed by atoms with Crippen LogP contribution in [-0.4, -0.2) is 54.8 Å². The van der Waals surface area contributed by atoms with Gasteiger partial charge in [-0.15, -0.1) is 0 Å². The zero-order valence-electron chi connectivity index (χ0n) is 17.4. The number of carbonyl (C=O) groups excluding carboxylic acids is 2. The minimum absolute atomic E-state index is 0.0347. The molecule has 3 heterocycles. The van der Waals surface area contributed by atoms with Crippen LogP contribution < -0.4 is 15.1 Å². The van der Waals surface area contributed by atoms with Crippen molar-refractivity contribution < 1.29 is 14.3 Å². The highest BCUT2D eigenvalue weighted by Crippen LogP contribution is 2.38. The van der Waals surface area contributed by atoms with E-state index in [0.29, 0.717) is 5.69 Å². The molecule has 1 fully saturated rings. The minimum atomic E-state index is -0.476. The fraction of sp³-hybridized carbons (Fsp3) is 0.409. The zero-order chi connectivity index (χ0) is 21.1. The Hall–Kier alpha value is -3.13. The molecule has 2 aliphatic heterocycles. The predicted octanol–water partition coefficient (Wildman–Crippen LogP) is 2.42. The van der Waals surface area contributed by atoms with Crippen LogP contribution in [0.3, 0.4) is 0 Å². The van der Waals surface area contributed by atoms with Crippen LogP contribution in [-0.2, 0) is 20.9 Å². The van der Waals surface area contributed by atoms with Crippen molar-refractivity contribution in [3.63, 3.8) is 0 Å². The Bertz CT molecular complexity index is 914. The van der Waals surface area contributed by atoms with Crippen LogP contribution in [0.1, 0.15) is 25.3 Å². The van der Waals surface area contributed by atoms with Gasteiger partial charge >= 0.3 is 5.97 Å². The Morgan fingerprint density at radius 3 is 2.67 bits per heavy atom. The van der Waals surface area contributed by atoms with Gasteiger partial charge in [-0.05, 0) is 24.5 Å². The van der Waals surface area contributed by atoms with Crippen molar-refractivity contribution in [2.24, 2.45) is 0 Å². The molecular formula is C22H27N5O3. The fourth-order valence-electron chi connectivity index (χ4n) is 3.92. The van der Waals surface area contributed by atoms with Gasteiger partial charge in [0.05, 0.1) is 17.6 Å². The summed E-state index contributed by atoms with van der Waals surface area (Å²) in [7, 11) is 1.66. The molecule has 1 amide bonds. The molecule has 0 saturated carbocycles. The Balaban J connectivity index is 1.60. The number of likely N-dealkylation sites (N-methyl/N-ethyl adjacent to an activating group) is 1. The molecule has 0 spiro atoms. The lowest BCUT2D eigenvalue weighted by Gasteiger charge is -2.33. The SMILES string of the molecule is CC(=O)OCC(=O)N(C)c1cnc2c(c1)N(Cc1ccccc1)C(N1CCCC1)N2. The molecule has 30 heavy (non-hydrogen) atoms. The topological polar surface area (TPSA) is 78.0 Å². The Morgan fingerprint density at radius 2 is 1.97 bits per heavy atom. The maximum atomic E-state index is 12.4. The third-order valence-corrected chi connectivity index (χ3v) is 5.57. The summed E-state index contributed by atoms with van der Waals surface area (Å²) in [5.74, 6) is 0.0338. The van der Waals surface area contributed by atoms with E-state index in [1.165, 1.54) is 30.2 Å². The van der Waals surface area contributed by atoms with Gasteiger partial charge in [-0.3, -0.25) is 14.5 Å². The van der Waals surface area contributed by atoms with E-state index in [0.717, 1.165) is 31.1 Å². The maximum absolute atomic E-state index is 12.4. The third-order valence-electron chi connectivity index (χ3n) is 5.57. The molecule has 0 radical (unpaired) electrons. The molecule has 8 nitrogen and oxygen atoms in total. The summed E-state index contributed by atoms with van der Waals surface area (Å²) in [6, 6.07) is 12.3. The van der Waals surface area contributed by atoms with Crippen molar-refractivity contribution in [3.8, 4) is 0 Å². The number of nitrogens with one attached hydrogen (secondary N) is 1. The molecule has 0 bridgehead atoms. The second-order valence-corrected chi connectivity index (χ2v) is 7.67. The second kappa shape index (κ2) is 8.71. The van der Waals surface area contributed by atoms with Gasteiger partial charge in [0.25, 0.3) is 5.91 Å².